The van der Waals surface area contributed by atoms with Crippen LogP contribution in [0, 0.1) is 0 Å². The molecule has 0 radical (unpaired) electrons. The summed E-state index contributed by atoms with van der Waals surface area (Å²) < 4.78 is 0. The number of H-pyrrole nitrogens is 1. The van der Waals surface area contributed by atoms with Crippen molar-refractivity contribution in [3.8, 4) is 0 Å². The molecule has 0 unspecified atom stereocenters. The first-order valence-corrected chi connectivity index (χ1v) is 13.1. The van der Waals surface area contributed by atoms with Crippen LogP contribution in [0.15, 0.2) is 54.6 Å². The van der Waals surface area contributed by atoms with Crippen molar-refractivity contribution in [2.24, 2.45) is 0 Å². The van der Waals surface area contributed by atoms with Crippen molar-refractivity contribution in [3.63, 3.8) is 0 Å². The standard InChI is InChI=1S/C26H28ClN7O2S/c1-32-10-12-34(13-11-32)16-17-4-3-5-18(14-17)24(35)28-23-21-15-22(37-26(21)30-29-23)25(36)31-33(2)20-8-6-19(27)7-9-20/h3-9,14-15H,10-13,16H2,1-2H3,(H,31,36)(H2,28,29,30,35). The number of carbonyl (C=O) groups is 2. The number of thiophene rings is 1. The molecule has 11 heteroatoms. The van der Waals surface area contributed by atoms with Crippen LogP contribution in [0.5, 0.6) is 0 Å². The summed E-state index contributed by atoms with van der Waals surface area (Å²) in [5, 5.41) is 13.0. The Hall–Kier alpha value is -3.44. The molecule has 0 aliphatic carbocycles. The third-order valence-corrected chi connectivity index (χ3v) is 7.67. The predicted octanol–water partition coefficient (Wildman–Crippen LogP) is 4.06. The Labute approximate surface area is 224 Å². The van der Waals surface area contributed by atoms with Crippen molar-refractivity contribution in [2.75, 3.05) is 50.6 Å². The number of piperazine rings is 1. The second kappa shape index (κ2) is 10.9. The van der Waals surface area contributed by atoms with E-state index >= 15 is 0 Å². The molecule has 4 aromatic rings. The summed E-state index contributed by atoms with van der Waals surface area (Å²) in [7, 11) is 3.89. The Kier molecular flexibility index (Phi) is 7.43. The zero-order chi connectivity index (χ0) is 25.9. The molecule has 0 spiro atoms. The Bertz CT molecular complexity index is 1410. The van der Waals surface area contributed by atoms with Crippen LogP contribution in [0.25, 0.3) is 10.2 Å². The lowest BCUT2D eigenvalue weighted by Crippen LogP contribution is -2.43. The lowest BCUT2D eigenvalue weighted by atomic mass is 10.1. The van der Waals surface area contributed by atoms with Gasteiger partial charge in [-0.05, 0) is 55.1 Å². The summed E-state index contributed by atoms with van der Waals surface area (Å²) in [6.07, 6.45) is 0. The van der Waals surface area contributed by atoms with Gasteiger partial charge in [0.05, 0.1) is 16.0 Å². The minimum absolute atomic E-state index is 0.231. The van der Waals surface area contributed by atoms with Gasteiger partial charge in [0.25, 0.3) is 11.8 Å². The maximum absolute atomic E-state index is 13.0. The van der Waals surface area contributed by atoms with Gasteiger partial charge < -0.3 is 10.2 Å². The Morgan fingerprint density at radius 1 is 1.08 bits per heavy atom. The number of rotatable bonds is 7. The van der Waals surface area contributed by atoms with E-state index in [4.69, 9.17) is 11.6 Å². The molecule has 0 saturated carbocycles. The molecule has 1 aliphatic heterocycles. The second-order valence-electron chi connectivity index (χ2n) is 9.14. The first kappa shape index (κ1) is 25.2. The fraction of sp³-hybridized carbons (Fsp3) is 0.269. The van der Waals surface area contributed by atoms with Gasteiger partial charge in [0.2, 0.25) is 0 Å². The molecule has 2 aromatic carbocycles. The van der Waals surface area contributed by atoms with E-state index in [1.807, 2.05) is 30.3 Å². The summed E-state index contributed by atoms with van der Waals surface area (Å²) in [6, 6.07) is 16.6. The highest BCUT2D eigenvalue weighted by Crippen LogP contribution is 2.30. The fourth-order valence-electron chi connectivity index (χ4n) is 4.22. The summed E-state index contributed by atoms with van der Waals surface area (Å²) in [5.41, 5.74) is 5.31. The van der Waals surface area contributed by atoms with Gasteiger partial charge in [-0.1, -0.05) is 23.7 Å². The van der Waals surface area contributed by atoms with Crippen LogP contribution in [0.4, 0.5) is 11.5 Å². The third kappa shape index (κ3) is 5.94. The van der Waals surface area contributed by atoms with E-state index in [2.05, 4.69) is 37.8 Å². The number of hydrazine groups is 1. The number of benzene rings is 2. The van der Waals surface area contributed by atoms with Crippen LogP contribution in [0.2, 0.25) is 5.02 Å². The summed E-state index contributed by atoms with van der Waals surface area (Å²) in [6.45, 7) is 4.95. The zero-order valence-electron chi connectivity index (χ0n) is 20.6. The predicted molar refractivity (Wildman–Crippen MR) is 148 cm³/mol. The number of amides is 2. The molecule has 192 valence electrons. The first-order valence-electron chi connectivity index (χ1n) is 11.9. The molecule has 1 aliphatic rings. The first-order chi connectivity index (χ1) is 17.9. The van der Waals surface area contributed by atoms with Crippen LogP contribution in [0.1, 0.15) is 25.6 Å². The molecule has 0 atom stereocenters. The molecule has 37 heavy (non-hydrogen) atoms. The van der Waals surface area contributed by atoms with Crippen molar-refractivity contribution in [1.29, 1.82) is 0 Å². The Morgan fingerprint density at radius 2 is 1.84 bits per heavy atom. The fourth-order valence-corrected chi connectivity index (χ4v) is 5.23. The normalized spacial score (nSPS) is 14.6. The van der Waals surface area contributed by atoms with Gasteiger partial charge in [0.1, 0.15) is 10.6 Å². The number of aromatic amines is 1. The lowest BCUT2D eigenvalue weighted by Gasteiger charge is -2.32. The average molecular weight is 538 g/mol. The highest BCUT2D eigenvalue weighted by Gasteiger charge is 2.19. The van der Waals surface area contributed by atoms with Crippen molar-refractivity contribution >= 4 is 56.5 Å². The number of fused-ring (bicyclic) bond motifs is 1. The molecular formula is C26H28ClN7O2S. The highest BCUT2D eigenvalue weighted by atomic mass is 35.5. The van der Waals surface area contributed by atoms with E-state index in [1.54, 1.807) is 36.3 Å². The highest BCUT2D eigenvalue weighted by molar-refractivity contribution is 7.20. The van der Waals surface area contributed by atoms with Gasteiger partial charge in [-0.2, -0.15) is 5.10 Å². The number of halogens is 1. The molecule has 1 saturated heterocycles. The van der Waals surface area contributed by atoms with Crippen molar-refractivity contribution < 1.29 is 9.59 Å². The number of likely N-dealkylation sites (N-methyl/N-ethyl adjacent to an activating group) is 1. The van der Waals surface area contributed by atoms with E-state index in [9.17, 15) is 9.59 Å². The molecule has 3 heterocycles. The number of anilines is 2. The van der Waals surface area contributed by atoms with Crippen molar-refractivity contribution in [3.05, 3.63) is 75.6 Å². The van der Waals surface area contributed by atoms with Gasteiger partial charge in [-0.15, -0.1) is 11.3 Å². The van der Waals surface area contributed by atoms with Gasteiger partial charge in [-0.3, -0.25) is 30.0 Å². The lowest BCUT2D eigenvalue weighted by molar-refractivity contribution is 0.0954. The molecule has 3 N–H and O–H groups in total. The number of hydrogen-bond donors (Lipinski definition) is 3. The molecule has 1 fully saturated rings. The van der Waals surface area contributed by atoms with Crippen LogP contribution in [-0.2, 0) is 6.54 Å². The quantitative estimate of drug-likeness (QED) is 0.308. The van der Waals surface area contributed by atoms with Crippen LogP contribution in [-0.4, -0.2) is 72.1 Å². The van der Waals surface area contributed by atoms with Crippen LogP contribution < -0.4 is 15.8 Å². The summed E-state index contributed by atoms with van der Waals surface area (Å²) in [4.78, 5) is 31.7. The molecule has 2 amide bonds. The topological polar surface area (TPSA) is 96.6 Å². The SMILES string of the molecule is CN1CCN(Cc2cccc(C(=O)Nc3[nH]nc4sc(C(=O)NN(C)c5ccc(Cl)cc5)cc34)c2)CC1. The van der Waals surface area contributed by atoms with E-state index < -0.39 is 0 Å². The average Bonchev–Trinajstić information content (AvgIpc) is 3.48. The molecule has 0 bridgehead atoms. The van der Waals surface area contributed by atoms with E-state index in [0.29, 0.717) is 31.5 Å². The van der Waals surface area contributed by atoms with Gasteiger partial charge in [0, 0.05) is 50.4 Å². The van der Waals surface area contributed by atoms with Gasteiger partial charge in [0.15, 0.2) is 0 Å². The van der Waals surface area contributed by atoms with Crippen molar-refractivity contribution in [1.82, 2.24) is 25.4 Å². The van der Waals surface area contributed by atoms with E-state index in [0.717, 1.165) is 44.0 Å². The van der Waals surface area contributed by atoms with Gasteiger partial charge in [-0.25, -0.2) is 0 Å². The maximum atomic E-state index is 13.0. The molecule has 9 nitrogen and oxygen atoms in total. The van der Waals surface area contributed by atoms with Crippen molar-refractivity contribution in [2.45, 2.75) is 6.54 Å². The van der Waals surface area contributed by atoms with E-state index in [-0.39, 0.29) is 11.8 Å². The number of carbonyl (C=O) groups excluding carboxylic acids is 2. The third-order valence-electron chi connectivity index (χ3n) is 6.39. The summed E-state index contributed by atoms with van der Waals surface area (Å²) in [5.74, 6) is -0.0365. The van der Waals surface area contributed by atoms with Crippen LogP contribution in [0.3, 0.4) is 0 Å². The monoisotopic (exact) mass is 537 g/mol. The minimum atomic E-state index is -0.269. The Balaban J connectivity index is 1.24. The zero-order valence-corrected chi connectivity index (χ0v) is 22.2. The largest absolute Gasteiger partial charge is 0.306 e. The second-order valence-corrected chi connectivity index (χ2v) is 10.6. The minimum Gasteiger partial charge on any atom is -0.306 e. The van der Waals surface area contributed by atoms with Crippen LogP contribution >= 0.6 is 22.9 Å². The Morgan fingerprint density at radius 3 is 2.59 bits per heavy atom. The maximum Gasteiger partial charge on any atom is 0.279 e. The molecule has 2 aromatic heterocycles. The smallest absolute Gasteiger partial charge is 0.279 e. The number of nitrogens with zero attached hydrogens (tertiary/aromatic N) is 4. The number of hydrogen-bond acceptors (Lipinski definition) is 7. The van der Waals surface area contributed by atoms with E-state index in [1.165, 1.54) is 11.3 Å². The number of nitrogens with one attached hydrogen (secondary N) is 3. The molecule has 5 rings (SSSR count). The molecular weight excluding hydrogens is 510 g/mol. The van der Waals surface area contributed by atoms with Gasteiger partial charge >= 0.3 is 0 Å². The summed E-state index contributed by atoms with van der Waals surface area (Å²) >= 11 is 7.19. The number of aromatic nitrogens is 2.